The molecule has 134 valence electrons. The van der Waals surface area contributed by atoms with Gasteiger partial charge in [-0.15, -0.1) is 0 Å². The zero-order valence-electron chi connectivity index (χ0n) is 14.7. The standard InChI is InChI=1S/C20H17N5O2/c1-26-17-10-6-5-9-15(17)11-22-19-16(12-21-13-23-19)20-24-18(25-27-20)14-7-3-2-4-8-14/h2-10,12-13H,11H2,1H3,(H,21,22,23). The molecule has 7 nitrogen and oxygen atoms in total. The summed E-state index contributed by atoms with van der Waals surface area (Å²) in [5, 5.41) is 7.35. The van der Waals surface area contributed by atoms with E-state index in [1.807, 2.05) is 54.6 Å². The molecule has 0 radical (unpaired) electrons. The molecule has 2 aromatic carbocycles. The predicted octanol–water partition coefficient (Wildman–Crippen LogP) is 3.81. The lowest BCUT2D eigenvalue weighted by molar-refractivity contribution is 0.410. The third-order valence-corrected chi connectivity index (χ3v) is 4.04. The molecule has 0 spiro atoms. The van der Waals surface area contributed by atoms with Crippen LogP contribution in [0.1, 0.15) is 5.56 Å². The van der Waals surface area contributed by atoms with Gasteiger partial charge in [0.25, 0.3) is 5.89 Å². The number of nitrogens with zero attached hydrogens (tertiary/aromatic N) is 4. The smallest absolute Gasteiger partial charge is 0.263 e. The van der Waals surface area contributed by atoms with E-state index in [0.717, 1.165) is 16.9 Å². The van der Waals surface area contributed by atoms with Crippen LogP contribution < -0.4 is 10.1 Å². The molecule has 4 aromatic rings. The Hall–Kier alpha value is -3.74. The number of aromatic nitrogens is 4. The topological polar surface area (TPSA) is 86.0 Å². The zero-order valence-corrected chi connectivity index (χ0v) is 14.7. The van der Waals surface area contributed by atoms with E-state index in [9.17, 15) is 0 Å². The Labute approximate surface area is 156 Å². The Morgan fingerprint density at radius 1 is 1.04 bits per heavy atom. The largest absolute Gasteiger partial charge is 0.496 e. The van der Waals surface area contributed by atoms with Gasteiger partial charge in [0, 0.05) is 23.9 Å². The van der Waals surface area contributed by atoms with E-state index >= 15 is 0 Å². The van der Waals surface area contributed by atoms with Crippen LogP contribution in [0.5, 0.6) is 5.75 Å². The van der Waals surface area contributed by atoms with Crippen molar-refractivity contribution in [3.63, 3.8) is 0 Å². The molecule has 0 amide bonds. The maximum Gasteiger partial charge on any atom is 0.263 e. The number of para-hydroxylation sites is 1. The SMILES string of the molecule is COc1ccccc1CNc1ncncc1-c1nc(-c2ccccc2)no1. The third-order valence-electron chi connectivity index (χ3n) is 4.04. The van der Waals surface area contributed by atoms with Crippen LogP contribution in [0.3, 0.4) is 0 Å². The van der Waals surface area contributed by atoms with Crippen LogP contribution in [-0.2, 0) is 6.54 Å². The first-order chi connectivity index (χ1) is 13.3. The number of methoxy groups -OCH3 is 1. The summed E-state index contributed by atoms with van der Waals surface area (Å²) < 4.78 is 10.8. The van der Waals surface area contributed by atoms with Gasteiger partial charge in [0.2, 0.25) is 5.82 Å². The molecule has 1 N–H and O–H groups in total. The van der Waals surface area contributed by atoms with Crippen molar-refractivity contribution >= 4 is 5.82 Å². The van der Waals surface area contributed by atoms with E-state index in [1.54, 1.807) is 13.3 Å². The Kier molecular flexibility index (Phi) is 4.74. The van der Waals surface area contributed by atoms with E-state index < -0.39 is 0 Å². The predicted molar refractivity (Wildman–Crippen MR) is 101 cm³/mol. The molecular weight excluding hydrogens is 342 g/mol. The monoisotopic (exact) mass is 359 g/mol. The zero-order chi connectivity index (χ0) is 18.5. The Morgan fingerprint density at radius 3 is 2.70 bits per heavy atom. The maximum absolute atomic E-state index is 5.44. The summed E-state index contributed by atoms with van der Waals surface area (Å²) in [6.45, 7) is 0.535. The van der Waals surface area contributed by atoms with Crippen molar-refractivity contribution in [2.45, 2.75) is 6.54 Å². The second-order valence-corrected chi connectivity index (χ2v) is 5.74. The fourth-order valence-electron chi connectivity index (χ4n) is 2.69. The van der Waals surface area contributed by atoms with Crippen molar-refractivity contribution < 1.29 is 9.26 Å². The molecule has 2 heterocycles. The van der Waals surface area contributed by atoms with Crippen molar-refractivity contribution in [3.8, 4) is 28.6 Å². The van der Waals surface area contributed by atoms with Crippen LogP contribution in [-0.4, -0.2) is 27.2 Å². The first-order valence-electron chi connectivity index (χ1n) is 8.40. The third kappa shape index (κ3) is 3.62. The summed E-state index contributed by atoms with van der Waals surface area (Å²) in [7, 11) is 1.65. The fraction of sp³-hybridized carbons (Fsp3) is 0.100. The van der Waals surface area contributed by atoms with Crippen molar-refractivity contribution in [2.24, 2.45) is 0 Å². The Bertz CT molecular complexity index is 1030. The second kappa shape index (κ2) is 7.65. The molecule has 27 heavy (non-hydrogen) atoms. The number of benzene rings is 2. The van der Waals surface area contributed by atoms with Crippen molar-refractivity contribution in [3.05, 3.63) is 72.7 Å². The highest BCUT2D eigenvalue weighted by Gasteiger charge is 2.15. The van der Waals surface area contributed by atoms with Gasteiger partial charge in [-0.1, -0.05) is 53.7 Å². The van der Waals surface area contributed by atoms with Gasteiger partial charge >= 0.3 is 0 Å². The maximum atomic E-state index is 5.44. The van der Waals surface area contributed by atoms with Crippen LogP contribution in [0.4, 0.5) is 5.82 Å². The average Bonchev–Trinajstić information content (AvgIpc) is 3.23. The first-order valence-corrected chi connectivity index (χ1v) is 8.40. The Balaban J connectivity index is 1.59. The van der Waals surface area contributed by atoms with Gasteiger partial charge in [0.05, 0.1) is 7.11 Å². The van der Waals surface area contributed by atoms with Crippen LogP contribution in [0.15, 0.2) is 71.6 Å². The van der Waals surface area contributed by atoms with Crippen LogP contribution >= 0.6 is 0 Å². The fourth-order valence-corrected chi connectivity index (χ4v) is 2.69. The average molecular weight is 359 g/mol. The summed E-state index contributed by atoms with van der Waals surface area (Å²) >= 11 is 0. The molecule has 0 aliphatic carbocycles. The number of hydrogen-bond donors (Lipinski definition) is 1. The number of rotatable bonds is 6. The van der Waals surface area contributed by atoms with Gasteiger partial charge in [-0.3, -0.25) is 0 Å². The van der Waals surface area contributed by atoms with Crippen LogP contribution in [0, 0.1) is 0 Å². The van der Waals surface area contributed by atoms with Crippen molar-refractivity contribution in [2.75, 3.05) is 12.4 Å². The lowest BCUT2D eigenvalue weighted by Gasteiger charge is -2.11. The minimum Gasteiger partial charge on any atom is -0.496 e. The minimum absolute atomic E-state index is 0.358. The molecule has 0 fully saturated rings. The summed E-state index contributed by atoms with van der Waals surface area (Å²) in [4.78, 5) is 12.9. The highest BCUT2D eigenvalue weighted by Crippen LogP contribution is 2.27. The normalized spacial score (nSPS) is 10.6. The number of hydrogen-bond acceptors (Lipinski definition) is 7. The van der Waals surface area contributed by atoms with E-state index in [1.165, 1.54) is 6.33 Å². The molecular formula is C20H17N5O2. The molecule has 0 aliphatic heterocycles. The van der Waals surface area contributed by atoms with E-state index in [-0.39, 0.29) is 0 Å². The molecule has 0 saturated heterocycles. The minimum atomic E-state index is 0.358. The molecule has 2 aromatic heterocycles. The van der Waals surface area contributed by atoms with Gasteiger partial charge in [-0.25, -0.2) is 9.97 Å². The van der Waals surface area contributed by atoms with Gasteiger partial charge in [0.1, 0.15) is 23.5 Å². The number of ether oxygens (including phenoxy) is 1. The molecule has 0 atom stereocenters. The van der Waals surface area contributed by atoms with Gasteiger partial charge in [-0.2, -0.15) is 4.98 Å². The molecule has 0 aliphatic rings. The van der Waals surface area contributed by atoms with E-state index in [0.29, 0.717) is 29.6 Å². The first kappa shape index (κ1) is 16.7. The van der Waals surface area contributed by atoms with Crippen molar-refractivity contribution in [1.29, 1.82) is 0 Å². The Morgan fingerprint density at radius 2 is 1.85 bits per heavy atom. The van der Waals surface area contributed by atoms with Crippen LogP contribution in [0.2, 0.25) is 0 Å². The highest BCUT2D eigenvalue weighted by atomic mass is 16.5. The lowest BCUT2D eigenvalue weighted by atomic mass is 10.2. The van der Waals surface area contributed by atoms with Crippen molar-refractivity contribution in [1.82, 2.24) is 20.1 Å². The van der Waals surface area contributed by atoms with Gasteiger partial charge < -0.3 is 14.6 Å². The highest BCUT2D eigenvalue weighted by molar-refractivity contribution is 5.69. The summed E-state index contributed by atoms with van der Waals surface area (Å²) in [5.74, 6) is 2.30. The number of nitrogens with one attached hydrogen (secondary N) is 1. The summed E-state index contributed by atoms with van der Waals surface area (Å²) in [5.41, 5.74) is 2.54. The lowest BCUT2D eigenvalue weighted by Crippen LogP contribution is -2.05. The van der Waals surface area contributed by atoms with E-state index in [4.69, 9.17) is 9.26 Å². The summed E-state index contributed by atoms with van der Waals surface area (Å²) in [6.07, 6.45) is 3.13. The molecule has 4 rings (SSSR count). The van der Waals surface area contributed by atoms with Gasteiger partial charge in [-0.05, 0) is 6.07 Å². The summed E-state index contributed by atoms with van der Waals surface area (Å²) in [6, 6.07) is 17.5. The molecule has 0 bridgehead atoms. The molecule has 7 heteroatoms. The second-order valence-electron chi connectivity index (χ2n) is 5.74. The van der Waals surface area contributed by atoms with E-state index in [2.05, 4.69) is 25.4 Å². The van der Waals surface area contributed by atoms with Gasteiger partial charge in [0.15, 0.2) is 0 Å². The van der Waals surface area contributed by atoms with Crippen LogP contribution in [0.25, 0.3) is 22.8 Å². The number of anilines is 1. The molecule has 0 saturated carbocycles. The quantitative estimate of drug-likeness (QED) is 0.560. The molecule has 0 unspecified atom stereocenters.